The van der Waals surface area contributed by atoms with Gasteiger partial charge in [-0.2, -0.15) is 0 Å². The molecule has 1 rings (SSSR count). The highest BCUT2D eigenvalue weighted by Crippen LogP contribution is 2.23. The van der Waals surface area contributed by atoms with E-state index in [4.69, 9.17) is 15.7 Å². The van der Waals surface area contributed by atoms with Crippen molar-refractivity contribution >= 4 is 17.1 Å². The van der Waals surface area contributed by atoms with E-state index in [2.05, 4.69) is 10.7 Å². The van der Waals surface area contributed by atoms with E-state index >= 15 is 0 Å². The molecule has 0 bridgehead atoms. The zero-order valence-corrected chi connectivity index (χ0v) is 9.76. The highest BCUT2D eigenvalue weighted by molar-refractivity contribution is 5.63. The van der Waals surface area contributed by atoms with Gasteiger partial charge in [-0.25, -0.2) is 0 Å². The van der Waals surface area contributed by atoms with Crippen molar-refractivity contribution in [2.24, 2.45) is 5.84 Å². The molecule has 0 atom stereocenters. The second-order valence-corrected chi connectivity index (χ2v) is 3.43. The van der Waals surface area contributed by atoms with Crippen LogP contribution in [0.1, 0.15) is 0 Å². The van der Waals surface area contributed by atoms with Gasteiger partial charge in [0, 0.05) is 24.4 Å². The van der Waals surface area contributed by atoms with Crippen molar-refractivity contribution in [1.29, 1.82) is 0 Å². The Morgan fingerprint density at radius 2 is 2.06 bits per heavy atom. The summed E-state index contributed by atoms with van der Waals surface area (Å²) in [6, 6.07) is 4.40. The lowest BCUT2D eigenvalue weighted by Gasteiger charge is -2.08. The molecule has 0 amide bonds. The van der Waals surface area contributed by atoms with E-state index in [9.17, 15) is 10.1 Å². The summed E-state index contributed by atoms with van der Waals surface area (Å²) in [6.07, 6.45) is 0. The summed E-state index contributed by atoms with van der Waals surface area (Å²) in [6.45, 7) is 1.12. The van der Waals surface area contributed by atoms with E-state index in [0.29, 0.717) is 24.5 Å². The standard InChI is InChI=1S/C10H16N4O4/c11-13-9-5-8(6-10(7-9)14(16)17)12-1-3-18-4-2-15/h5-7,12-13,15H,1-4,11H2. The number of benzene rings is 1. The molecule has 0 heterocycles. The molecule has 0 aliphatic heterocycles. The molecule has 1 aromatic carbocycles. The smallest absolute Gasteiger partial charge is 0.273 e. The highest BCUT2D eigenvalue weighted by atomic mass is 16.6. The lowest BCUT2D eigenvalue weighted by Crippen LogP contribution is -2.12. The van der Waals surface area contributed by atoms with E-state index in [1.54, 1.807) is 6.07 Å². The van der Waals surface area contributed by atoms with Gasteiger partial charge in [0.25, 0.3) is 5.69 Å². The molecule has 8 nitrogen and oxygen atoms in total. The third-order valence-electron chi connectivity index (χ3n) is 2.11. The monoisotopic (exact) mass is 256 g/mol. The number of nitro benzene ring substituents is 1. The second-order valence-electron chi connectivity index (χ2n) is 3.43. The van der Waals surface area contributed by atoms with Gasteiger partial charge in [0.05, 0.1) is 30.4 Å². The molecule has 0 aromatic heterocycles. The first kappa shape index (κ1) is 14.2. The summed E-state index contributed by atoms with van der Waals surface area (Å²) in [4.78, 5) is 10.2. The average molecular weight is 256 g/mol. The van der Waals surface area contributed by atoms with Gasteiger partial charge in [-0.15, -0.1) is 0 Å². The van der Waals surface area contributed by atoms with Crippen molar-refractivity contribution in [3.8, 4) is 0 Å². The maximum absolute atomic E-state index is 10.7. The third-order valence-corrected chi connectivity index (χ3v) is 2.11. The maximum atomic E-state index is 10.7. The van der Waals surface area contributed by atoms with Gasteiger partial charge in [0.15, 0.2) is 0 Å². The Balaban J connectivity index is 2.58. The topological polar surface area (TPSA) is 123 Å². The molecule has 18 heavy (non-hydrogen) atoms. The van der Waals surface area contributed by atoms with Crippen LogP contribution in [0.4, 0.5) is 17.1 Å². The number of nitrogens with zero attached hydrogens (tertiary/aromatic N) is 1. The third kappa shape index (κ3) is 4.53. The van der Waals surface area contributed by atoms with Crippen LogP contribution in [0.3, 0.4) is 0 Å². The van der Waals surface area contributed by atoms with Crippen LogP contribution < -0.4 is 16.6 Å². The number of nitro groups is 1. The Bertz CT molecular complexity index is 399. The van der Waals surface area contributed by atoms with Crippen molar-refractivity contribution in [3.05, 3.63) is 28.3 Å². The van der Waals surface area contributed by atoms with Gasteiger partial charge in [0.2, 0.25) is 0 Å². The van der Waals surface area contributed by atoms with Crippen molar-refractivity contribution in [2.45, 2.75) is 0 Å². The van der Waals surface area contributed by atoms with E-state index in [0.717, 1.165) is 0 Å². The fraction of sp³-hybridized carbons (Fsp3) is 0.400. The van der Waals surface area contributed by atoms with Crippen molar-refractivity contribution in [3.63, 3.8) is 0 Å². The number of hydrogen-bond donors (Lipinski definition) is 4. The molecule has 0 aliphatic rings. The summed E-state index contributed by atoms with van der Waals surface area (Å²) in [5.74, 6) is 5.23. The molecular weight excluding hydrogens is 240 g/mol. The number of aliphatic hydroxyl groups excluding tert-OH is 1. The van der Waals surface area contributed by atoms with Crippen LogP contribution in [-0.4, -0.2) is 36.4 Å². The number of nitrogens with one attached hydrogen (secondary N) is 2. The summed E-state index contributed by atoms with van der Waals surface area (Å²) < 4.78 is 5.05. The molecule has 0 aliphatic carbocycles. The number of hydrogen-bond acceptors (Lipinski definition) is 7. The zero-order chi connectivity index (χ0) is 13.4. The first-order chi connectivity index (χ1) is 8.67. The molecule has 100 valence electrons. The number of hydrazine groups is 1. The Labute approximate surface area is 104 Å². The minimum absolute atomic E-state index is 0.0297. The van der Waals surface area contributed by atoms with Gasteiger partial charge >= 0.3 is 0 Å². The van der Waals surface area contributed by atoms with Gasteiger partial charge < -0.3 is 20.6 Å². The quantitative estimate of drug-likeness (QED) is 0.228. The van der Waals surface area contributed by atoms with Crippen LogP contribution in [0, 0.1) is 10.1 Å². The molecule has 0 saturated heterocycles. The number of rotatable bonds is 8. The van der Waals surface area contributed by atoms with Gasteiger partial charge in [-0.05, 0) is 6.07 Å². The van der Waals surface area contributed by atoms with E-state index in [1.165, 1.54) is 12.1 Å². The van der Waals surface area contributed by atoms with Crippen molar-refractivity contribution < 1.29 is 14.8 Å². The first-order valence-electron chi connectivity index (χ1n) is 5.36. The molecule has 0 spiro atoms. The zero-order valence-electron chi connectivity index (χ0n) is 9.76. The average Bonchev–Trinajstić information content (AvgIpc) is 2.38. The highest BCUT2D eigenvalue weighted by Gasteiger charge is 2.08. The van der Waals surface area contributed by atoms with Crippen LogP contribution in [0.5, 0.6) is 0 Å². The number of anilines is 2. The van der Waals surface area contributed by atoms with Crippen LogP contribution in [0.15, 0.2) is 18.2 Å². The fourth-order valence-electron chi connectivity index (χ4n) is 1.34. The molecular formula is C10H16N4O4. The summed E-state index contributed by atoms with van der Waals surface area (Å²) in [5, 5.41) is 22.2. The van der Waals surface area contributed by atoms with Crippen LogP contribution in [0.2, 0.25) is 0 Å². The Morgan fingerprint density at radius 3 is 2.67 bits per heavy atom. The van der Waals surface area contributed by atoms with Gasteiger partial charge in [-0.3, -0.25) is 16.0 Å². The summed E-state index contributed by atoms with van der Waals surface area (Å²) >= 11 is 0. The van der Waals surface area contributed by atoms with Gasteiger partial charge in [-0.1, -0.05) is 0 Å². The Kier molecular flexibility index (Phi) is 5.85. The predicted octanol–water partition coefficient (Wildman–Crippen LogP) is 0.301. The second kappa shape index (κ2) is 7.43. The van der Waals surface area contributed by atoms with E-state index < -0.39 is 4.92 Å². The SMILES string of the molecule is NNc1cc(NCCOCCO)cc([N+](=O)[O-])c1. The lowest BCUT2D eigenvalue weighted by atomic mass is 10.2. The molecule has 1 aromatic rings. The first-order valence-corrected chi connectivity index (χ1v) is 5.36. The van der Waals surface area contributed by atoms with Crippen LogP contribution >= 0.6 is 0 Å². The minimum atomic E-state index is -0.492. The normalized spacial score (nSPS) is 10.1. The van der Waals surface area contributed by atoms with Crippen molar-refractivity contribution in [2.75, 3.05) is 37.1 Å². The Hall–Kier alpha value is -1.90. The van der Waals surface area contributed by atoms with Crippen molar-refractivity contribution in [1.82, 2.24) is 0 Å². The summed E-state index contributed by atoms with van der Waals surface area (Å²) in [7, 11) is 0. The molecule has 0 saturated carbocycles. The molecule has 0 fully saturated rings. The van der Waals surface area contributed by atoms with E-state index in [-0.39, 0.29) is 18.9 Å². The molecule has 5 N–H and O–H groups in total. The molecule has 8 heteroatoms. The van der Waals surface area contributed by atoms with Crippen LogP contribution in [-0.2, 0) is 4.74 Å². The molecule has 0 unspecified atom stereocenters. The number of nitrogen functional groups attached to an aromatic ring is 1. The number of aliphatic hydroxyl groups is 1. The number of ether oxygens (including phenoxy) is 1. The predicted molar refractivity (Wildman–Crippen MR) is 67.3 cm³/mol. The lowest BCUT2D eigenvalue weighted by molar-refractivity contribution is -0.384. The van der Waals surface area contributed by atoms with Gasteiger partial charge in [0.1, 0.15) is 0 Å². The fourth-order valence-corrected chi connectivity index (χ4v) is 1.34. The maximum Gasteiger partial charge on any atom is 0.273 e. The minimum Gasteiger partial charge on any atom is -0.394 e. The number of non-ortho nitro benzene ring substituents is 1. The largest absolute Gasteiger partial charge is 0.394 e. The number of nitrogens with two attached hydrogens (primary N) is 1. The molecule has 0 radical (unpaired) electrons. The van der Waals surface area contributed by atoms with E-state index in [1.807, 2.05) is 0 Å². The van der Waals surface area contributed by atoms with Crippen LogP contribution in [0.25, 0.3) is 0 Å². The Morgan fingerprint density at radius 1 is 1.33 bits per heavy atom. The summed E-state index contributed by atoms with van der Waals surface area (Å²) in [5.41, 5.74) is 3.33.